The highest BCUT2D eigenvalue weighted by Crippen LogP contribution is 2.43. The van der Waals surface area contributed by atoms with Gasteiger partial charge < -0.3 is 29.2 Å². The van der Waals surface area contributed by atoms with Gasteiger partial charge in [-0.25, -0.2) is 29.2 Å². The molecule has 6 rings (SSSR count). The molecule has 3 saturated heterocycles. The molecular weight excluding hydrogens is 755 g/mol. The first kappa shape index (κ1) is 40.6. The van der Waals surface area contributed by atoms with E-state index in [1.165, 1.54) is 28.8 Å². The summed E-state index contributed by atoms with van der Waals surface area (Å²) >= 11 is 1.33. The van der Waals surface area contributed by atoms with Gasteiger partial charge in [0.05, 0.1) is 19.1 Å². The number of hydrazine groups is 1. The number of hydrogen-bond donors (Lipinski definition) is 1. The molecule has 5 amide bonds. The van der Waals surface area contributed by atoms with E-state index < -0.39 is 59.3 Å². The molecule has 3 fully saturated rings. The summed E-state index contributed by atoms with van der Waals surface area (Å²) in [5.74, 6) is -1.47. The van der Waals surface area contributed by atoms with Crippen molar-refractivity contribution < 1.29 is 47.7 Å². The van der Waals surface area contributed by atoms with Crippen LogP contribution in [-0.4, -0.2) is 118 Å². The van der Waals surface area contributed by atoms with Gasteiger partial charge >= 0.3 is 24.2 Å². The van der Waals surface area contributed by atoms with E-state index in [4.69, 9.17) is 18.9 Å². The zero-order chi connectivity index (χ0) is 40.9. The molecule has 57 heavy (non-hydrogen) atoms. The molecule has 2 aromatic rings. The summed E-state index contributed by atoms with van der Waals surface area (Å²) in [6, 6.07) is 16.8. The maximum Gasteiger partial charge on any atom is 0.429 e. The highest BCUT2D eigenvalue weighted by Gasteiger charge is 2.55. The minimum absolute atomic E-state index is 0.0326. The molecule has 0 aliphatic carbocycles. The van der Waals surface area contributed by atoms with Gasteiger partial charge in [-0.1, -0.05) is 86.0 Å². The predicted octanol–water partition coefficient (Wildman–Crippen LogP) is 5.09. The number of likely N-dealkylation sites (tertiary alicyclic amines) is 1. The monoisotopic (exact) mass is 799 g/mol. The van der Waals surface area contributed by atoms with Gasteiger partial charge in [0.15, 0.2) is 6.10 Å². The number of nitrogens with one attached hydrogen (secondary N) is 1. The van der Waals surface area contributed by atoms with Crippen molar-refractivity contribution in [1.29, 1.82) is 0 Å². The van der Waals surface area contributed by atoms with Crippen molar-refractivity contribution in [3.8, 4) is 0 Å². The van der Waals surface area contributed by atoms with Crippen LogP contribution in [0, 0.1) is 0 Å². The minimum Gasteiger partial charge on any atom is -0.448 e. The Bertz CT molecular complexity index is 1910. The average Bonchev–Trinajstić information content (AvgIpc) is 3.80. The quantitative estimate of drug-likeness (QED) is 0.106. The second-order valence-corrected chi connectivity index (χ2v) is 15.6. The number of allylic oxidation sites excluding steroid dienone is 1. The number of carbonyl (C=O) groups is 6. The highest BCUT2D eigenvalue weighted by atomic mass is 32.2. The number of nitrogens with zero attached hydrogens (tertiary/aromatic N) is 4. The van der Waals surface area contributed by atoms with Crippen molar-refractivity contribution in [2.24, 2.45) is 0 Å². The summed E-state index contributed by atoms with van der Waals surface area (Å²) < 4.78 is 22.0. The molecule has 300 valence electrons. The number of benzene rings is 2. The summed E-state index contributed by atoms with van der Waals surface area (Å²) in [5, 5.41) is 4.19. The normalized spacial score (nSPS) is 20.3. The highest BCUT2D eigenvalue weighted by molar-refractivity contribution is 8.00. The molecule has 0 aromatic heterocycles. The van der Waals surface area contributed by atoms with Gasteiger partial charge in [0.1, 0.15) is 35.9 Å². The number of esters is 1. The van der Waals surface area contributed by atoms with Gasteiger partial charge in [0.2, 0.25) is 5.91 Å². The lowest BCUT2D eigenvalue weighted by Crippen LogP contribution is -2.70. The molecule has 16 heteroatoms. The van der Waals surface area contributed by atoms with Crippen molar-refractivity contribution in [3.05, 3.63) is 120 Å². The molecule has 15 nitrogen and oxygen atoms in total. The van der Waals surface area contributed by atoms with E-state index in [-0.39, 0.29) is 56.6 Å². The van der Waals surface area contributed by atoms with Crippen LogP contribution >= 0.6 is 11.8 Å². The summed E-state index contributed by atoms with van der Waals surface area (Å²) in [7, 11) is 0. The molecule has 4 aliphatic heterocycles. The van der Waals surface area contributed by atoms with Crippen LogP contribution < -0.4 is 5.32 Å². The fourth-order valence-electron chi connectivity index (χ4n) is 6.86. The zero-order valence-corrected chi connectivity index (χ0v) is 32.8. The molecule has 2 atom stereocenters. The third-order valence-corrected chi connectivity index (χ3v) is 10.7. The van der Waals surface area contributed by atoms with E-state index in [2.05, 4.69) is 18.5 Å². The van der Waals surface area contributed by atoms with Crippen LogP contribution in [0.15, 0.2) is 109 Å². The lowest BCUT2D eigenvalue weighted by Gasteiger charge is -2.49. The smallest absolute Gasteiger partial charge is 0.429 e. The van der Waals surface area contributed by atoms with Crippen molar-refractivity contribution in [3.63, 3.8) is 0 Å². The first-order valence-corrected chi connectivity index (χ1v) is 19.5. The molecule has 0 unspecified atom stereocenters. The van der Waals surface area contributed by atoms with Crippen molar-refractivity contribution >= 4 is 47.8 Å². The number of β-lactam (4-membered cyclic amide) rings is 1. The largest absolute Gasteiger partial charge is 0.448 e. The first-order chi connectivity index (χ1) is 27.3. The van der Waals surface area contributed by atoms with Crippen molar-refractivity contribution in [1.82, 2.24) is 25.1 Å². The Labute approximate surface area is 334 Å². The van der Waals surface area contributed by atoms with Crippen LogP contribution in [0.1, 0.15) is 44.4 Å². The van der Waals surface area contributed by atoms with E-state index >= 15 is 0 Å². The second kappa shape index (κ2) is 17.4. The van der Waals surface area contributed by atoms with E-state index in [0.29, 0.717) is 22.3 Å². The van der Waals surface area contributed by atoms with E-state index in [1.54, 1.807) is 31.7 Å². The number of hydrogen-bond acceptors (Lipinski definition) is 11. The molecule has 4 heterocycles. The lowest BCUT2D eigenvalue weighted by atomic mass is 10.00. The van der Waals surface area contributed by atoms with E-state index in [0.717, 1.165) is 10.0 Å². The second-order valence-electron chi connectivity index (χ2n) is 14.5. The maximum atomic E-state index is 14.5. The number of fused-ring (bicyclic) bond motifs is 1. The van der Waals surface area contributed by atoms with Crippen LogP contribution in [0.25, 0.3) is 0 Å². The number of thioether (sulfide) groups is 1. The van der Waals surface area contributed by atoms with Crippen LogP contribution in [0.2, 0.25) is 0 Å². The van der Waals surface area contributed by atoms with Crippen LogP contribution in [0.3, 0.4) is 0 Å². The Hall–Kier alpha value is -6.03. The van der Waals surface area contributed by atoms with Gasteiger partial charge in [-0.2, -0.15) is 0 Å². The Morgan fingerprint density at radius 1 is 0.895 bits per heavy atom. The van der Waals surface area contributed by atoms with Gasteiger partial charge in [-0.05, 0) is 50.0 Å². The molecule has 0 spiro atoms. The number of alkyl carbamates (subject to hydrolysis) is 1. The van der Waals surface area contributed by atoms with E-state index in [1.807, 2.05) is 60.7 Å². The Morgan fingerprint density at radius 3 is 1.98 bits per heavy atom. The number of amides is 5. The van der Waals surface area contributed by atoms with Crippen molar-refractivity contribution in [2.45, 2.75) is 56.4 Å². The molecule has 2 aromatic carbocycles. The fraction of sp³-hybridized carbons (Fsp3) is 0.366. The average molecular weight is 800 g/mol. The predicted molar refractivity (Wildman–Crippen MR) is 209 cm³/mol. The van der Waals surface area contributed by atoms with E-state index in [9.17, 15) is 28.8 Å². The van der Waals surface area contributed by atoms with Gasteiger partial charge in [-0.15, -0.1) is 11.8 Å². The third kappa shape index (κ3) is 9.01. The first-order valence-electron chi connectivity index (χ1n) is 18.4. The van der Waals surface area contributed by atoms with Gasteiger partial charge in [0, 0.05) is 17.9 Å². The number of ether oxygens (including phenoxy) is 4. The Morgan fingerprint density at radius 2 is 1.46 bits per heavy atom. The molecular formula is C41H45N5O10S. The molecule has 0 saturated carbocycles. The number of rotatable bonds is 11. The minimum atomic E-state index is -0.964. The van der Waals surface area contributed by atoms with Crippen LogP contribution in [0.4, 0.5) is 14.4 Å². The molecule has 0 radical (unpaired) electrons. The summed E-state index contributed by atoms with van der Waals surface area (Å²) in [6.07, 6.45) is 1.49. The summed E-state index contributed by atoms with van der Waals surface area (Å²) in [6.45, 7) is 12.3. The third-order valence-electron chi connectivity index (χ3n) is 9.37. The summed E-state index contributed by atoms with van der Waals surface area (Å²) in [4.78, 5) is 83.8. The topological polar surface area (TPSA) is 164 Å². The molecule has 4 aliphatic rings. The van der Waals surface area contributed by atoms with Crippen LogP contribution in [-0.2, 0) is 33.3 Å². The van der Waals surface area contributed by atoms with Gasteiger partial charge in [0.25, 0.3) is 5.91 Å². The number of carbonyl (C=O) groups excluding carboxylic acids is 6. The lowest BCUT2D eigenvalue weighted by molar-refractivity contribution is -0.153. The zero-order valence-electron chi connectivity index (χ0n) is 32.0. The van der Waals surface area contributed by atoms with Gasteiger partial charge in [-0.3, -0.25) is 14.5 Å². The molecule has 1 N–H and O–H groups in total. The molecule has 0 bridgehead atoms. The Kier molecular flexibility index (Phi) is 12.4. The maximum absolute atomic E-state index is 14.5. The summed E-state index contributed by atoms with van der Waals surface area (Å²) in [5.41, 5.74) is 1.35. The van der Waals surface area contributed by atoms with Crippen LogP contribution in [0.5, 0.6) is 0 Å². The fourth-order valence-corrected chi connectivity index (χ4v) is 8.16. The Balaban J connectivity index is 1.30. The standard InChI is InChI=1S/C41H45N5O10S/c1-6-20-53-39(51)44-23-30(24-45(44)40(52)54-21-7-2)43-19-18-28(34(43)47)22-29-25-57-36-31(42-38(50)56-41(3,4)5)35(48)46(36)32(29)37(49)55-33(26-14-10-8-11-15-26)27-16-12-9-13-17-27/h6-17,22,30-31,33,36H,1-2,18-21,23-25H2,3-5H3,(H,42,50)/t31-,36-/m1/s1. The van der Waals surface area contributed by atoms with Crippen molar-refractivity contribution in [2.75, 3.05) is 38.6 Å². The SMILES string of the molecule is C=CCOC(=O)N1CC(N2CCC(=CC3=C(C(=O)OC(c4ccccc4)c4ccccc4)N4C(=O)[C@@H](NC(=O)OC(C)(C)C)[C@H]4SC3)C2=O)CN1C(=O)OCC=C.